The molecule has 0 fully saturated rings. The van der Waals surface area contributed by atoms with Crippen LogP contribution in [0.3, 0.4) is 0 Å². The van der Waals surface area contributed by atoms with Gasteiger partial charge in [-0.05, 0) is 24.0 Å². The molecule has 0 bridgehead atoms. The van der Waals surface area contributed by atoms with E-state index in [4.69, 9.17) is 0 Å². The highest BCUT2D eigenvalue weighted by Crippen LogP contribution is 2.24. The Morgan fingerprint density at radius 1 is 1.48 bits per heavy atom. The average molecular weight is 284 g/mol. The normalized spacial score (nSPS) is 18.8. The Balaban J connectivity index is 1.77. The first-order chi connectivity index (χ1) is 10.3. The highest BCUT2D eigenvalue weighted by Gasteiger charge is 2.27. The minimum Gasteiger partial charge on any atom is -0.347 e. The number of benzene rings is 1. The van der Waals surface area contributed by atoms with E-state index in [1.807, 2.05) is 25.1 Å². The van der Waals surface area contributed by atoms with E-state index >= 15 is 0 Å². The lowest BCUT2D eigenvalue weighted by Gasteiger charge is -2.27. The summed E-state index contributed by atoms with van der Waals surface area (Å²) in [6.07, 6.45) is 5.25. The van der Waals surface area contributed by atoms with E-state index in [0.29, 0.717) is 0 Å². The molecule has 1 aromatic carbocycles. The molecule has 0 radical (unpaired) electrons. The summed E-state index contributed by atoms with van der Waals surface area (Å²) in [6.45, 7) is 2.86. The number of imidazole rings is 1. The van der Waals surface area contributed by atoms with E-state index in [9.17, 15) is 4.79 Å². The first kappa shape index (κ1) is 13.8. The highest BCUT2D eigenvalue weighted by molar-refractivity contribution is 5.84. The molecule has 5 heteroatoms. The Morgan fingerprint density at radius 3 is 3.10 bits per heavy atom. The van der Waals surface area contributed by atoms with Gasteiger partial charge < -0.3 is 15.6 Å². The summed E-state index contributed by atoms with van der Waals surface area (Å²) in [7, 11) is 0. The summed E-state index contributed by atoms with van der Waals surface area (Å²) in [5.41, 5.74) is 2.33. The SMILES string of the molecule is CCC(NC(=O)C1NCCc2ccccc21)c1ncc[nH]1. The lowest BCUT2D eigenvalue weighted by Crippen LogP contribution is -2.42. The smallest absolute Gasteiger partial charge is 0.242 e. The summed E-state index contributed by atoms with van der Waals surface area (Å²) >= 11 is 0. The predicted octanol–water partition coefficient (Wildman–Crippen LogP) is 1.86. The van der Waals surface area contributed by atoms with Gasteiger partial charge in [-0.15, -0.1) is 0 Å². The second kappa shape index (κ2) is 6.10. The molecule has 2 atom stereocenters. The molecule has 1 amide bonds. The van der Waals surface area contributed by atoms with Gasteiger partial charge in [0.25, 0.3) is 0 Å². The van der Waals surface area contributed by atoms with Gasteiger partial charge in [0.05, 0.1) is 6.04 Å². The maximum atomic E-state index is 12.6. The number of carbonyl (C=O) groups excluding carboxylic acids is 1. The average Bonchev–Trinajstić information content (AvgIpc) is 3.06. The van der Waals surface area contributed by atoms with Crippen molar-refractivity contribution in [2.45, 2.75) is 31.8 Å². The van der Waals surface area contributed by atoms with Gasteiger partial charge >= 0.3 is 0 Å². The topological polar surface area (TPSA) is 69.8 Å². The van der Waals surface area contributed by atoms with Gasteiger partial charge in [-0.3, -0.25) is 4.79 Å². The Morgan fingerprint density at radius 2 is 2.33 bits per heavy atom. The van der Waals surface area contributed by atoms with Crippen molar-refractivity contribution < 1.29 is 4.79 Å². The van der Waals surface area contributed by atoms with Gasteiger partial charge in [0, 0.05) is 18.9 Å². The summed E-state index contributed by atoms with van der Waals surface area (Å²) in [5, 5.41) is 6.39. The third-order valence-corrected chi connectivity index (χ3v) is 3.95. The number of rotatable bonds is 4. The molecule has 3 N–H and O–H groups in total. The minimum atomic E-state index is -0.279. The van der Waals surface area contributed by atoms with Crippen LogP contribution >= 0.6 is 0 Å². The molecule has 1 aliphatic heterocycles. The molecule has 0 spiro atoms. The predicted molar refractivity (Wildman–Crippen MR) is 80.7 cm³/mol. The molecular formula is C16H20N4O. The van der Waals surface area contributed by atoms with E-state index in [1.54, 1.807) is 12.4 Å². The summed E-state index contributed by atoms with van der Waals surface area (Å²) in [4.78, 5) is 19.9. The fourth-order valence-corrected chi connectivity index (χ4v) is 2.83. The van der Waals surface area contributed by atoms with E-state index < -0.39 is 0 Å². The molecule has 5 nitrogen and oxygen atoms in total. The van der Waals surface area contributed by atoms with Crippen LogP contribution in [-0.4, -0.2) is 22.4 Å². The van der Waals surface area contributed by atoms with E-state index in [2.05, 4.69) is 26.7 Å². The second-order valence-corrected chi connectivity index (χ2v) is 5.28. The van der Waals surface area contributed by atoms with Crippen LogP contribution < -0.4 is 10.6 Å². The third kappa shape index (κ3) is 2.83. The van der Waals surface area contributed by atoms with Crippen LogP contribution in [0.4, 0.5) is 0 Å². The standard InChI is InChI=1S/C16H20N4O/c1-2-13(15-18-9-10-19-15)20-16(21)14-12-6-4-3-5-11(12)7-8-17-14/h3-6,9-10,13-14,17H,2,7-8H2,1H3,(H,18,19)(H,20,21). The molecule has 1 aliphatic rings. The number of nitrogens with one attached hydrogen (secondary N) is 3. The molecule has 2 heterocycles. The zero-order chi connectivity index (χ0) is 14.7. The van der Waals surface area contributed by atoms with Crippen molar-refractivity contribution in [3.05, 3.63) is 53.6 Å². The molecule has 2 aromatic rings. The maximum absolute atomic E-state index is 12.6. The Kier molecular flexibility index (Phi) is 4.01. The Hall–Kier alpha value is -2.14. The van der Waals surface area contributed by atoms with E-state index in [0.717, 1.165) is 30.8 Å². The van der Waals surface area contributed by atoms with Crippen LogP contribution in [0.2, 0.25) is 0 Å². The molecule has 21 heavy (non-hydrogen) atoms. The Labute approximate surface area is 124 Å². The van der Waals surface area contributed by atoms with Crippen LogP contribution in [0, 0.1) is 0 Å². The van der Waals surface area contributed by atoms with Crippen LogP contribution in [0.5, 0.6) is 0 Å². The van der Waals surface area contributed by atoms with E-state index in [1.165, 1.54) is 5.56 Å². The number of hydrogen-bond acceptors (Lipinski definition) is 3. The van der Waals surface area contributed by atoms with Crippen molar-refractivity contribution in [3.8, 4) is 0 Å². The Bertz CT molecular complexity index is 608. The molecule has 0 aliphatic carbocycles. The van der Waals surface area contributed by atoms with Gasteiger partial charge in [-0.2, -0.15) is 0 Å². The second-order valence-electron chi connectivity index (χ2n) is 5.28. The van der Waals surface area contributed by atoms with Crippen molar-refractivity contribution in [2.24, 2.45) is 0 Å². The fraction of sp³-hybridized carbons (Fsp3) is 0.375. The summed E-state index contributed by atoms with van der Waals surface area (Å²) < 4.78 is 0. The van der Waals surface area contributed by atoms with Crippen molar-refractivity contribution in [2.75, 3.05) is 6.54 Å². The van der Waals surface area contributed by atoms with E-state index in [-0.39, 0.29) is 18.0 Å². The van der Waals surface area contributed by atoms with Crippen LogP contribution in [0.25, 0.3) is 0 Å². The zero-order valence-electron chi connectivity index (χ0n) is 12.1. The molecule has 0 saturated carbocycles. The molecular weight excluding hydrogens is 264 g/mol. The maximum Gasteiger partial charge on any atom is 0.242 e. The van der Waals surface area contributed by atoms with Gasteiger partial charge in [-0.25, -0.2) is 4.98 Å². The van der Waals surface area contributed by atoms with Crippen molar-refractivity contribution in [3.63, 3.8) is 0 Å². The number of nitrogens with zero attached hydrogens (tertiary/aromatic N) is 1. The van der Waals surface area contributed by atoms with Crippen molar-refractivity contribution in [1.29, 1.82) is 0 Å². The number of fused-ring (bicyclic) bond motifs is 1. The largest absolute Gasteiger partial charge is 0.347 e. The zero-order valence-corrected chi connectivity index (χ0v) is 12.1. The molecule has 3 rings (SSSR count). The quantitative estimate of drug-likeness (QED) is 0.802. The van der Waals surface area contributed by atoms with Gasteiger partial charge in [0.15, 0.2) is 0 Å². The first-order valence-electron chi connectivity index (χ1n) is 7.40. The molecule has 0 saturated heterocycles. The van der Waals surface area contributed by atoms with Crippen LogP contribution in [-0.2, 0) is 11.2 Å². The van der Waals surface area contributed by atoms with Crippen LogP contribution in [0.1, 0.15) is 42.4 Å². The number of hydrogen-bond donors (Lipinski definition) is 3. The molecule has 2 unspecified atom stereocenters. The summed E-state index contributed by atoms with van der Waals surface area (Å²) in [5.74, 6) is 0.806. The van der Waals surface area contributed by atoms with Crippen molar-refractivity contribution in [1.82, 2.24) is 20.6 Å². The molecule has 1 aromatic heterocycles. The number of amides is 1. The molecule has 110 valence electrons. The number of H-pyrrole nitrogens is 1. The monoisotopic (exact) mass is 284 g/mol. The summed E-state index contributed by atoms with van der Waals surface area (Å²) in [6, 6.07) is 7.77. The highest BCUT2D eigenvalue weighted by atomic mass is 16.2. The van der Waals surface area contributed by atoms with Gasteiger partial charge in [0.1, 0.15) is 11.9 Å². The number of aromatic nitrogens is 2. The van der Waals surface area contributed by atoms with Gasteiger partial charge in [-0.1, -0.05) is 31.2 Å². The minimum absolute atomic E-state index is 0.00500. The lowest BCUT2D eigenvalue weighted by atomic mass is 9.93. The van der Waals surface area contributed by atoms with Crippen LogP contribution in [0.15, 0.2) is 36.7 Å². The van der Waals surface area contributed by atoms with Crippen molar-refractivity contribution >= 4 is 5.91 Å². The number of aromatic amines is 1. The lowest BCUT2D eigenvalue weighted by molar-refractivity contribution is -0.124. The third-order valence-electron chi connectivity index (χ3n) is 3.95. The first-order valence-corrected chi connectivity index (χ1v) is 7.40. The van der Waals surface area contributed by atoms with Gasteiger partial charge in [0.2, 0.25) is 5.91 Å². The number of carbonyl (C=O) groups is 1. The fourth-order valence-electron chi connectivity index (χ4n) is 2.83.